The molecule has 0 spiro atoms. The number of pyridine rings is 1. The molecule has 3 amide bonds. The predicted molar refractivity (Wildman–Crippen MR) is 157 cm³/mol. The standard InChI is InChI=1S/C31H46N6O3/c1-22(33-5)28(38)35-27(31(2,3)4)30(40)37-17-10-14-25(37)21-36(18-15-23-11-7-6-8-12-23)29(39)26(32)19-24-13-9-16-34-20-24/h6-9,11-13,16,20,22,25-27,33H,10,14-15,17-19,21,32H2,1-5H3,(H,35,38)/t22-,25-,26+,27+/m0/s1. The zero-order valence-corrected chi connectivity index (χ0v) is 24.6. The average Bonchev–Trinajstić information content (AvgIpc) is 3.41. The summed E-state index contributed by atoms with van der Waals surface area (Å²) in [5.74, 6) is -0.461. The topological polar surface area (TPSA) is 121 Å². The molecule has 0 radical (unpaired) electrons. The van der Waals surface area contributed by atoms with E-state index in [1.54, 1.807) is 26.4 Å². The molecule has 1 fully saturated rings. The van der Waals surface area contributed by atoms with E-state index in [0.29, 0.717) is 32.5 Å². The van der Waals surface area contributed by atoms with Gasteiger partial charge in [0.2, 0.25) is 17.7 Å². The minimum absolute atomic E-state index is 0.109. The number of carbonyl (C=O) groups is 3. The summed E-state index contributed by atoms with van der Waals surface area (Å²) >= 11 is 0. The molecule has 2 heterocycles. The van der Waals surface area contributed by atoms with E-state index in [0.717, 1.165) is 24.0 Å². The molecule has 0 saturated carbocycles. The van der Waals surface area contributed by atoms with Crippen LogP contribution >= 0.6 is 0 Å². The van der Waals surface area contributed by atoms with Gasteiger partial charge in [0.1, 0.15) is 6.04 Å². The van der Waals surface area contributed by atoms with Crippen LogP contribution in [-0.4, -0.2) is 83.4 Å². The van der Waals surface area contributed by atoms with Crippen molar-refractivity contribution < 1.29 is 14.4 Å². The van der Waals surface area contributed by atoms with Crippen LogP contribution in [0.4, 0.5) is 0 Å². The zero-order valence-electron chi connectivity index (χ0n) is 24.6. The monoisotopic (exact) mass is 550 g/mol. The van der Waals surface area contributed by atoms with Crippen LogP contribution in [-0.2, 0) is 27.2 Å². The van der Waals surface area contributed by atoms with Crippen molar-refractivity contribution in [3.63, 3.8) is 0 Å². The molecule has 0 unspecified atom stereocenters. The van der Waals surface area contributed by atoms with E-state index in [1.165, 1.54) is 0 Å². The Kier molecular flexibility index (Phi) is 11.2. The lowest BCUT2D eigenvalue weighted by Crippen LogP contribution is -2.59. The van der Waals surface area contributed by atoms with Crippen LogP contribution < -0.4 is 16.4 Å². The van der Waals surface area contributed by atoms with Crippen LogP contribution in [0.5, 0.6) is 0 Å². The van der Waals surface area contributed by atoms with Crippen molar-refractivity contribution in [2.45, 2.75) is 77.5 Å². The third kappa shape index (κ3) is 8.60. The molecular formula is C31H46N6O3. The van der Waals surface area contributed by atoms with Gasteiger partial charge in [0.05, 0.1) is 12.1 Å². The maximum Gasteiger partial charge on any atom is 0.246 e. The van der Waals surface area contributed by atoms with Gasteiger partial charge in [-0.25, -0.2) is 0 Å². The molecule has 1 aliphatic heterocycles. The van der Waals surface area contributed by atoms with Gasteiger partial charge in [-0.15, -0.1) is 0 Å². The van der Waals surface area contributed by atoms with Crippen LogP contribution in [0.25, 0.3) is 0 Å². The summed E-state index contributed by atoms with van der Waals surface area (Å²) in [6, 6.07) is 11.8. The molecule has 3 rings (SSSR count). The highest BCUT2D eigenvalue weighted by Gasteiger charge is 2.41. The predicted octanol–water partition coefficient (Wildman–Crippen LogP) is 2.15. The molecule has 0 bridgehead atoms. The van der Waals surface area contributed by atoms with Crippen LogP contribution in [0, 0.1) is 5.41 Å². The number of nitrogens with two attached hydrogens (primary N) is 1. The maximum atomic E-state index is 13.9. The fourth-order valence-corrected chi connectivity index (χ4v) is 5.08. The molecule has 4 atom stereocenters. The number of amides is 3. The summed E-state index contributed by atoms with van der Waals surface area (Å²) in [6.45, 7) is 9.13. The summed E-state index contributed by atoms with van der Waals surface area (Å²) in [5, 5.41) is 5.91. The van der Waals surface area contributed by atoms with Crippen molar-refractivity contribution in [1.29, 1.82) is 0 Å². The van der Waals surface area contributed by atoms with E-state index < -0.39 is 23.5 Å². The fraction of sp³-hybridized carbons (Fsp3) is 0.548. The van der Waals surface area contributed by atoms with E-state index in [1.807, 2.05) is 73.0 Å². The van der Waals surface area contributed by atoms with Crippen molar-refractivity contribution in [3.05, 3.63) is 66.0 Å². The second kappa shape index (κ2) is 14.4. The normalized spacial score (nSPS) is 17.6. The number of benzene rings is 1. The molecule has 9 heteroatoms. The van der Waals surface area contributed by atoms with Crippen molar-refractivity contribution in [3.8, 4) is 0 Å². The molecular weight excluding hydrogens is 504 g/mol. The highest BCUT2D eigenvalue weighted by Crippen LogP contribution is 2.26. The van der Waals surface area contributed by atoms with Gasteiger partial charge >= 0.3 is 0 Å². The Morgan fingerprint density at radius 3 is 2.45 bits per heavy atom. The molecule has 0 aliphatic carbocycles. The van der Waals surface area contributed by atoms with Crippen LogP contribution in [0.1, 0.15) is 51.7 Å². The summed E-state index contributed by atoms with van der Waals surface area (Å²) in [7, 11) is 1.72. The van der Waals surface area contributed by atoms with E-state index >= 15 is 0 Å². The number of rotatable bonds is 12. The lowest BCUT2D eigenvalue weighted by Gasteiger charge is -2.38. The zero-order chi connectivity index (χ0) is 29.3. The smallest absolute Gasteiger partial charge is 0.246 e. The van der Waals surface area contributed by atoms with Gasteiger partial charge < -0.3 is 26.2 Å². The maximum absolute atomic E-state index is 13.9. The van der Waals surface area contributed by atoms with Gasteiger partial charge in [0, 0.05) is 38.1 Å². The number of nitrogens with zero attached hydrogens (tertiary/aromatic N) is 3. The van der Waals surface area contributed by atoms with Gasteiger partial charge in [0.25, 0.3) is 0 Å². The second-order valence-corrected chi connectivity index (χ2v) is 11.8. The molecule has 218 valence electrons. The van der Waals surface area contributed by atoms with E-state index in [-0.39, 0.29) is 23.8 Å². The fourth-order valence-electron chi connectivity index (χ4n) is 5.08. The van der Waals surface area contributed by atoms with Crippen molar-refractivity contribution >= 4 is 17.7 Å². The van der Waals surface area contributed by atoms with Gasteiger partial charge in [-0.1, -0.05) is 57.2 Å². The van der Waals surface area contributed by atoms with Crippen LogP contribution in [0.15, 0.2) is 54.9 Å². The second-order valence-electron chi connectivity index (χ2n) is 11.8. The first kappa shape index (κ1) is 31.2. The summed E-state index contributed by atoms with van der Waals surface area (Å²) in [4.78, 5) is 48.2. The number of nitrogens with one attached hydrogen (secondary N) is 2. The number of carbonyl (C=O) groups excluding carboxylic acids is 3. The Morgan fingerprint density at radius 1 is 1.12 bits per heavy atom. The van der Waals surface area contributed by atoms with E-state index in [4.69, 9.17) is 5.73 Å². The third-order valence-corrected chi connectivity index (χ3v) is 7.64. The number of hydrogen-bond acceptors (Lipinski definition) is 6. The Morgan fingerprint density at radius 2 is 1.82 bits per heavy atom. The summed E-state index contributed by atoms with van der Waals surface area (Å²) in [5.41, 5.74) is 7.99. The van der Waals surface area contributed by atoms with Gasteiger partial charge in [-0.3, -0.25) is 19.4 Å². The Labute approximate surface area is 238 Å². The van der Waals surface area contributed by atoms with Gasteiger partial charge in [-0.05, 0) is 62.3 Å². The first-order valence-corrected chi connectivity index (χ1v) is 14.3. The number of likely N-dealkylation sites (N-methyl/N-ethyl adjacent to an activating group) is 1. The lowest BCUT2D eigenvalue weighted by atomic mass is 9.85. The number of aromatic nitrogens is 1. The van der Waals surface area contributed by atoms with Crippen molar-refractivity contribution in [1.82, 2.24) is 25.4 Å². The molecule has 40 heavy (non-hydrogen) atoms. The molecule has 1 aliphatic rings. The largest absolute Gasteiger partial charge is 0.342 e. The Bertz CT molecular complexity index is 1110. The van der Waals surface area contributed by atoms with Gasteiger partial charge in [0.15, 0.2) is 0 Å². The SMILES string of the molecule is CN[C@@H](C)C(=O)N[C@H](C(=O)N1CCC[C@H]1CN(CCc1ccccc1)C(=O)[C@H](N)Cc1cccnc1)C(C)(C)C. The minimum Gasteiger partial charge on any atom is -0.342 e. The third-order valence-electron chi connectivity index (χ3n) is 7.64. The minimum atomic E-state index is -0.713. The molecule has 4 N–H and O–H groups in total. The molecule has 2 aromatic rings. The molecule has 1 saturated heterocycles. The number of likely N-dealkylation sites (tertiary alicyclic amines) is 1. The Hall–Kier alpha value is -3.30. The average molecular weight is 551 g/mol. The Balaban J connectivity index is 1.78. The first-order chi connectivity index (χ1) is 19.0. The van der Waals surface area contributed by atoms with Crippen molar-refractivity contribution in [2.24, 2.45) is 11.1 Å². The highest BCUT2D eigenvalue weighted by molar-refractivity contribution is 5.90. The van der Waals surface area contributed by atoms with Gasteiger partial charge in [-0.2, -0.15) is 0 Å². The van der Waals surface area contributed by atoms with Crippen LogP contribution in [0.2, 0.25) is 0 Å². The number of hydrogen-bond donors (Lipinski definition) is 3. The lowest BCUT2D eigenvalue weighted by molar-refractivity contribution is -0.142. The molecule has 1 aromatic heterocycles. The van der Waals surface area contributed by atoms with E-state index in [2.05, 4.69) is 15.6 Å². The summed E-state index contributed by atoms with van der Waals surface area (Å²) < 4.78 is 0. The molecule has 9 nitrogen and oxygen atoms in total. The molecule has 1 aromatic carbocycles. The summed E-state index contributed by atoms with van der Waals surface area (Å²) in [6.07, 6.45) is 6.14. The van der Waals surface area contributed by atoms with Crippen molar-refractivity contribution in [2.75, 3.05) is 26.7 Å². The highest BCUT2D eigenvalue weighted by atomic mass is 16.2. The first-order valence-electron chi connectivity index (χ1n) is 14.3. The quantitative estimate of drug-likeness (QED) is 0.373. The van der Waals surface area contributed by atoms with Crippen LogP contribution in [0.3, 0.4) is 0 Å². The van der Waals surface area contributed by atoms with E-state index in [9.17, 15) is 14.4 Å².